The van der Waals surface area contributed by atoms with Crippen molar-refractivity contribution in [2.75, 3.05) is 23.1 Å². The number of hydrogen-bond acceptors (Lipinski definition) is 4. The Morgan fingerprint density at radius 2 is 1.78 bits per heavy atom. The van der Waals surface area contributed by atoms with Gasteiger partial charge in [-0.3, -0.25) is 9.59 Å². The second kappa shape index (κ2) is 9.24. The van der Waals surface area contributed by atoms with Gasteiger partial charge in [-0.15, -0.1) is 11.6 Å². The Morgan fingerprint density at radius 1 is 1.06 bits per heavy atom. The standard InChI is InChI=1S/C23H22ClF3N2O3/c1-23(2,3)22(31)29-16-6-5-12(9-13(16)25)18-11-17(30)19-20(28-8-4-7-24)14(26)10-15(27)21(19)32-18/h5-6,9-11,28H,4,7-8H2,1-3H3,(H,29,31). The number of rotatable bonds is 6. The van der Waals surface area contributed by atoms with Crippen molar-refractivity contribution in [1.82, 2.24) is 0 Å². The van der Waals surface area contributed by atoms with Crippen LogP contribution >= 0.6 is 11.6 Å². The lowest BCUT2D eigenvalue weighted by molar-refractivity contribution is -0.123. The van der Waals surface area contributed by atoms with Crippen molar-refractivity contribution in [3.63, 3.8) is 0 Å². The molecule has 0 saturated carbocycles. The molecule has 2 aromatic carbocycles. The summed E-state index contributed by atoms with van der Waals surface area (Å²) in [6.45, 7) is 5.34. The molecule has 3 rings (SSSR count). The van der Waals surface area contributed by atoms with Gasteiger partial charge in [0.15, 0.2) is 16.8 Å². The van der Waals surface area contributed by atoms with Crippen LogP contribution in [0.3, 0.4) is 0 Å². The van der Waals surface area contributed by atoms with Crippen LogP contribution in [0.1, 0.15) is 27.2 Å². The van der Waals surface area contributed by atoms with Crippen LogP contribution in [-0.4, -0.2) is 18.3 Å². The highest BCUT2D eigenvalue weighted by molar-refractivity contribution is 6.17. The highest BCUT2D eigenvalue weighted by Crippen LogP contribution is 2.31. The van der Waals surface area contributed by atoms with Crippen LogP contribution in [0.4, 0.5) is 24.5 Å². The van der Waals surface area contributed by atoms with Gasteiger partial charge in [0, 0.05) is 35.5 Å². The molecule has 1 aromatic heterocycles. The third-order valence-electron chi connectivity index (χ3n) is 4.70. The number of anilines is 2. The van der Waals surface area contributed by atoms with E-state index in [-0.39, 0.29) is 40.5 Å². The molecule has 0 fully saturated rings. The van der Waals surface area contributed by atoms with Crippen LogP contribution < -0.4 is 16.1 Å². The molecule has 0 radical (unpaired) electrons. The third kappa shape index (κ3) is 4.91. The number of carbonyl (C=O) groups is 1. The Balaban J connectivity index is 2.04. The third-order valence-corrected chi connectivity index (χ3v) is 4.97. The molecular weight excluding hydrogens is 445 g/mol. The van der Waals surface area contributed by atoms with E-state index < -0.39 is 33.9 Å². The minimum Gasteiger partial charge on any atom is -0.453 e. The van der Waals surface area contributed by atoms with E-state index in [2.05, 4.69) is 10.6 Å². The molecule has 0 bridgehead atoms. The molecule has 0 spiro atoms. The Hall–Kier alpha value is -3.00. The molecule has 1 heterocycles. The van der Waals surface area contributed by atoms with E-state index in [1.807, 2.05) is 0 Å². The number of hydrogen-bond donors (Lipinski definition) is 2. The van der Waals surface area contributed by atoms with Gasteiger partial charge >= 0.3 is 0 Å². The summed E-state index contributed by atoms with van der Waals surface area (Å²) in [6.07, 6.45) is 0.501. The molecule has 0 aliphatic carbocycles. The summed E-state index contributed by atoms with van der Waals surface area (Å²) in [5, 5.41) is 4.95. The van der Waals surface area contributed by atoms with Crippen molar-refractivity contribution in [2.24, 2.45) is 5.41 Å². The van der Waals surface area contributed by atoms with Crippen molar-refractivity contribution in [1.29, 1.82) is 0 Å². The molecule has 0 aliphatic rings. The highest BCUT2D eigenvalue weighted by Gasteiger charge is 2.23. The molecule has 9 heteroatoms. The SMILES string of the molecule is CC(C)(C)C(=O)Nc1ccc(-c2cc(=O)c3c(NCCCCl)c(F)cc(F)c3o2)cc1F. The quantitative estimate of drug-likeness (QED) is 0.350. The molecule has 0 saturated heterocycles. The Labute approximate surface area is 187 Å². The van der Waals surface area contributed by atoms with Gasteiger partial charge in [0.05, 0.1) is 16.8 Å². The normalized spacial score (nSPS) is 11.6. The van der Waals surface area contributed by atoms with Gasteiger partial charge in [-0.2, -0.15) is 0 Å². The van der Waals surface area contributed by atoms with Crippen LogP contribution in [0.15, 0.2) is 39.5 Å². The first kappa shape index (κ1) is 23.7. The molecular formula is C23H22ClF3N2O3. The van der Waals surface area contributed by atoms with Crippen LogP contribution in [0.5, 0.6) is 0 Å². The fourth-order valence-electron chi connectivity index (χ4n) is 2.94. The lowest BCUT2D eigenvalue weighted by Gasteiger charge is -2.18. The maximum Gasteiger partial charge on any atom is 0.229 e. The molecule has 2 N–H and O–H groups in total. The van der Waals surface area contributed by atoms with Crippen LogP contribution in [0.2, 0.25) is 0 Å². The molecule has 170 valence electrons. The van der Waals surface area contributed by atoms with E-state index in [1.165, 1.54) is 12.1 Å². The molecule has 5 nitrogen and oxygen atoms in total. The van der Waals surface area contributed by atoms with Gasteiger partial charge in [0.1, 0.15) is 17.4 Å². The Morgan fingerprint density at radius 3 is 2.41 bits per heavy atom. The molecule has 0 aliphatic heterocycles. The summed E-state index contributed by atoms with van der Waals surface area (Å²) >= 11 is 5.62. The topological polar surface area (TPSA) is 71.3 Å². The number of carbonyl (C=O) groups excluding carboxylic acids is 1. The first-order valence-corrected chi connectivity index (χ1v) is 10.4. The summed E-state index contributed by atoms with van der Waals surface area (Å²) in [4.78, 5) is 24.8. The van der Waals surface area contributed by atoms with Crippen molar-refractivity contribution in [3.05, 3.63) is 58.0 Å². The van der Waals surface area contributed by atoms with E-state index in [9.17, 15) is 22.8 Å². The minimum atomic E-state index is -1.06. The summed E-state index contributed by atoms with van der Waals surface area (Å²) in [6, 6.07) is 5.45. The van der Waals surface area contributed by atoms with Crippen LogP contribution in [0.25, 0.3) is 22.3 Å². The first-order chi connectivity index (χ1) is 15.0. The van der Waals surface area contributed by atoms with Gasteiger partial charge in [0.2, 0.25) is 5.91 Å². The van der Waals surface area contributed by atoms with E-state index >= 15 is 0 Å². The molecule has 0 atom stereocenters. The zero-order valence-electron chi connectivity index (χ0n) is 17.7. The average Bonchev–Trinajstić information content (AvgIpc) is 2.71. The summed E-state index contributed by atoms with van der Waals surface area (Å²) in [5.41, 5.74) is -1.95. The van der Waals surface area contributed by atoms with E-state index in [0.29, 0.717) is 18.4 Å². The number of halogens is 4. The number of benzene rings is 2. The number of nitrogens with one attached hydrogen (secondary N) is 2. The second-order valence-corrected chi connectivity index (χ2v) is 8.64. The minimum absolute atomic E-state index is 0.0455. The monoisotopic (exact) mass is 466 g/mol. The average molecular weight is 467 g/mol. The van der Waals surface area contributed by atoms with Crippen molar-refractivity contribution < 1.29 is 22.4 Å². The fourth-order valence-corrected chi connectivity index (χ4v) is 3.08. The van der Waals surface area contributed by atoms with E-state index in [0.717, 1.165) is 12.1 Å². The maximum atomic E-state index is 14.6. The smallest absolute Gasteiger partial charge is 0.229 e. The Kier molecular flexibility index (Phi) is 6.83. The Bertz CT molecular complexity index is 1240. The van der Waals surface area contributed by atoms with Crippen molar-refractivity contribution in [3.8, 4) is 11.3 Å². The van der Waals surface area contributed by atoms with E-state index in [4.69, 9.17) is 16.0 Å². The molecule has 1 amide bonds. The maximum absolute atomic E-state index is 14.6. The summed E-state index contributed by atoms with van der Waals surface area (Å²) in [5.74, 6) is -2.91. The van der Waals surface area contributed by atoms with Crippen molar-refractivity contribution in [2.45, 2.75) is 27.2 Å². The lowest BCUT2D eigenvalue weighted by Crippen LogP contribution is -2.28. The highest BCUT2D eigenvalue weighted by atomic mass is 35.5. The zero-order valence-corrected chi connectivity index (χ0v) is 18.5. The number of amides is 1. The molecule has 0 unspecified atom stereocenters. The predicted molar refractivity (Wildman–Crippen MR) is 120 cm³/mol. The van der Waals surface area contributed by atoms with Gasteiger partial charge in [-0.05, 0) is 24.6 Å². The van der Waals surface area contributed by atoms with Gasteiger partial charge in [-0.1, -0.05) is 20.8 Å². The lowest BCUT2D eigenvalue weighted by atomic mass is 9.95. The van der Waals surface area contributed by atoms with Gasteiger partial charge < -0.3 is 15.1 Å². The zero-order chi connectivity index (χ0) is 23.6. The first-order valence-electron chi connectivity index (χ1n) is 9.90. The number of fused-ring (bicyclic) bond motifs is 1. The molecule has 3 aromatic rings. The van der Waals surface area contributed by atoms with Gasteiger partial charge in [0.25, 0.3) is 0 Å². The van der Waals surface area contributed by atoms with Crippen molar-refractivity contribution >= 4 is 39.9 Å². The number of alkyl halides is 1. The van der Waals surface area contributed by atoms with E-state index in [1.54, 1.807) is 20.8 Å². The molecule has 32 heavy (non-hydrogen) atoms. The fraction of sp³-hybridized carbons (Fsp3) is 0.304. The van der Waals surface area contributed by atoms with Gasteiger partial charge in [-0.25, -0.2) is 13.2 Å². The second-order valence-electron chi connectivity index (χ2n) is 8.26. The largest absolute Gasteiger partial charge is 0.453 e. The van der Waals surface area contributed by atoms with Crippen LogP contribution in [-0.2, 0) is 4.79 Å². The summed E-state index contributed by atoms with van der Waals surface area (Å²) < 4.78 is 48.9. The summed E-state index contributed by atoms with van der Waals surface area (Å²) in [7, 11) is 0. The van der Waals surface area contributed by atoms with Crippen LogP contribution in [0, 0.1) is 22.9 Å². The predicted octanol–water partition coefficient (Wildman–Crippen LogP) is 5.90.